The van der Waals surface area contributed by atoms with Crippen molar-refractivity contribution in [1.82, 2.24) is 9.80 Å². The molecule has 30 heavy (non-hydrogen) atoms. The smallest absolute Gasteiger partial charge is 0.412 e. The Labute approximate surface area is 178 Å². The molecule has 0 unspecified atom stereocenters. The van der Waals surface area contributed by atoms with E-state index in [4.69, 9.17) is 4.74 Å². The van der Waals surface area contributed by atoms with Crippen LogP contribution in [0.25, 0.3) is 10.8 Å². The molecule has 0 radical (unpaired) electrons. The van der Waals surface area contributed by atoms with Gasteiger partial charge in [0.2, 0.25) is 0 Å². The Balaban J connectivity index is 1.55. The van der Waals surface area contributed by atoms with E-state index in [1.807, 2.05) is 62.1 Å². The minimum atomic E-state index is -0.608. The lowest BCUT2D eigenvalue weighted by Crippen LogP contribution is -2.49. The summed E-state index contributed by atoms with van der Waals surface area (Å²) in [6, 6.07) is 11.6. The van der Waals surface area contributed by atoms with Crippen molar-refractivity contribution in [2.75, 3.05) is 38.0 Å². The van der Waals surface area contributed by atoms with Crippen LogP contribution in [-0.4, -0.2) is 60.1 Å². The maximum Gasteiger partial charge on any atom is 0.412 e. The molecule has 2 fully saturated rings. The van der Waals surface area contributed by atoms with Crippen molar-refractivity contribution >= 4 is 28.5 Å². The number of ether oxygens (including phenoxy) is 1. The first-order chi connectivity index (χ1) is 14.3. The topological polar surface area (TPSA) is 61.9 Å². The Hall–Kier alpha value is -2.60. The van der Waals surface area contributed by atoms with Crippen LogP contribution in [0, 0.1) is 5.92 Å². The highest BCUT2D eigenvalue weighted by Gasteiger charge is 2.29. The van der Waals surface area contributed by atoms with Crippen molar-refractivity contribution in [1.29, 1.82) is 0 Å². The number of fused-ring (bicyclic) bond motifs is 1. The molecule has 0 aromatic heterocycles. The third-order valence-corrected chi connectivity index (χ3v) is 5.62. The van der Waals surface area contributed by atoms with E-state index in [1.54, 1.807) is 0 Å². The summed E-state index contributed by atoms with van der Waals surface area (Å²) in [6.45, 7) is 9.85. The Bertz CT molecular complexity index is 938. The molecular weight excluding hydrogens is 378 g/mol. The van der Waals surface area contributed by atoms with Crippen LogP contribution in [0.2, 0.25) is 0 Å². The Kier molecular flexibility index (Phi) is 5.69. The van der Waals surface area contributed by atoms with E-state index >= 15 is 0 Å². The Morgan fingerprint density at radius 3 is 2.27 bits per heavy atom. The van der Waals surface area contributed by atoms with E-state index in [2.05, 4.69) is 10.2 Å². The maximum atomic E-state index is 13.4. The molecule has 0 bridgehead atoms. The van der Waals surface area contributed by atoms with E-state index in [9.17, 15) is 9.59 Å². The number of nitrogens with one attached hydrogen (secondary N) is 1. The van der Waals surface area contributed by atoms with Crippen molar-refractivity contribution in [3.05, 3.63) is 42.0 Å². The lowest BCUT2D eigenvalue weighted by molar-refractivity contribution is 0.0632. The molecule has 1 aliphatic carbocycles. The Morgan fingerprint density at radius 1 is 1.03 bits per heavy atom. The predicted octanol–water partition coefficient (Wildman–Crippen LogP) is 4.35. The van der Waals surface area contributed by atoms with Crippen molar-refractivity contribution in [2.45, 2.75) is 39.2 Å². The first-order valence-corrected chi connectivity index (χ1v) is 10.8. The van der Waals surface area contributed by atoms with Gasteiger partial charge in [-0.15, -0.1) is 0 Å². The SMILES string of the molecule is CC(C)(C)OC(=O)Nc1cc2ccccc2cc1C(=O)N1CCN(CC2CC2)CC1. The average Bonchev–Trinajstić information content (AvgIpc) is 3.50. The van der Waals surface area contributed by atoms with Crippen LogP contribution in [0.5, 0.6) is 0 Å². The molecular formula is C24H31N3O3. The van der Waals surface area contributed by atoms with Gasteiger partial charge in [-0.3, -0.25) is 15.0 Å². The molecule has 2 aromatic carbocycles. The number of benzene rings is 2. The molecule has 2 amide bonds. The Morgan fingerprint density at radius 2 is 1.67 bits per heavy atom. The van der Waals surface area contributed by atoms with E-state index < -0.39 is 11.7 Å². The molecule has 2 aliphatic rings. The van der Waals surface area contributed by atoms with Crippen molar-refractivity contribution < 1.29 is 14.3 Å². The van der Waals surface area contributed by atoms with Gasteiger partial charge in [-0.2, -0.15) is 0 Å². The van der Waals surface area contributed by atoms with Gasteiger partial charge < -0.3 is 9.64 Å². The molecule has 1 saturated carbocycles. The highest BCUT2D eigenvalue weighted by molar-refractivity contribution is 6.07. The van der Waals surface area contributed by atoms with E-state index in [-0.39, 0.29) is 5.91 Å². The number of hydrogen-bond donors (Lipinski definition) is 1. The third kappa shape index (κ3) is 5.11. The number of carbonyl (C=O) groups is 2. The number of piperazine rings is 1. The monoisotopic (exact) mass is 409 g/mol. The van der Waals surface area contributed by atoms with Gasteiger partial charge in [-0.1, -0.05) is 24.3 Å². The van der Waals surface area contributed by atoms with Crippen LogP contribution < -0.4 is 5.32 Å². The lowest BCUT2D eigenvalue weighted by Gasteiger charge is -2.35. The zero-order valence-corrected chi connectivity index (χ0v) is 18.1. The van der Waals surface area contributed by atoms with Crippen LogP contribution in [0.1, 0.15) is 44.0 Å². The van der Waals surface area contributed by atoms with Gasteiger partial charge in [-0.05, 0) is 62.4 Å². The number of rotatable bonds is 4. The van der Waals surface area contributed by atoms with Crippen LogP contribution in [0.15, 0.2) is 36.4 Å². The van der Waals surface area contributed by atoms with Crippen molar-refractivity contribution in [3.8, 4) is 0 Å². The normalized spacial score (nSPS) is 17.8. The fourth-order valence-corrected chi connectivity index (χ4v) is 3.90. The summed E-state index contributed by atoms with van der Waals surface area (Å²) in [5.41, 5.74) is 0.395. The van der Waals surface area contributed by atoms with Gasteiger partial charge in [0, 0.05) is 32.7 Å². The molecule has 1 heterocycles. The second-order valence-corrected chi connectivity index (χ2v) is 9.41. The van der Waals surface area contributed by atoms with Crippen molar-refractivity contribution in [3.63, 3.8) is 0 Å². The van der Waals surface area contributed by atoms with Crippen LogP contribution >= 0.6 is 0 Å². The van der Waals surface area contributed by atoms with E-state index in [1.165, 1.54) is 12.8 Å². The molecule has 4 rings (SSSR count). The van der Waals surface area contributed by atoms with Gasteiger partial charge in [0.1, 0.15) is 5.60 Å². The molecule has 6 heteroatoms. The first kappa shape index (κ1) is 20.7. The second kappa shape index (κ2) is 8.26. The number of hydrogen-bond acceptors (Lipinski definition) is 4. The average molecular weight is 410 g/mol. The minimum Gasteiger partial charge on any atom is -0.444 e. The standard InChI is InChI=1S/C24H31N3O3/c1-24(2,3)30-23(29)25-21-15-19-7-5-4-6-18(19)14-20(21)22(28)27-12-10-26(11-13-27)16-17-8-9-17/h4-7,14-15,17H,8-13,16H2,1-3H3,(H,25,29). The fraction of sp³-hybridized carbons (Fsp3) is 0.500. The van der Waals surface area contributed by atoms with E-state index in [0.717, 1.165) is 36.3 Å². The molecule has 1 aliphatic heterocycles. The highest BCUT2D eigenvalue weighted by atomic mass is 16.6. The highest BCUT2D eigenvalue weighted by Crippen LogP contribution is 2.30. The number of carbonyl (C=O) groups excluding carboxylic acids is 2. The molecule has 0 spiro atoms. The largest absolute Gasteiger partial charge is 0.444 e. The molecule has 1 N–H and O–H groups in total. The van der Waals surface area contributed by atoms with Gasteiger partial charge in [0.25, 0.3) is 5.91 Å². The lowest BCUT2D eigenvalue weighted by atomic mass is 10.0. The van der Waals surface area contributed by atoms with E-state index in [0.29, 0.717) is 24.3 Å². The second-order valence-electron chi connectivity index (χ2n) is 9.41. The quantitative estimate of drug-likeness (QED) is 0.815. The molecule has 0 atom stereocenters. The number of anilines is 1. The maximum absolute atomic E-state index is 13.4. The summed E-state index contributed by atoms with van der Waals surface area (Å²) >= 11 is 0. The summed E-state index contributed by atoms with van der Waals surface area (Å²) < 4.78 is 5.41. The number of nitrogens with zero attached hydrogens (tertiary/aromatic N) is 2. The minimum absolute atomic E-state index is 0.0436. The molecule has 6 nitrogen and oxygen atoms in total. The van der Waals surface area contributed by atoms with Gasteiger partial charge >= 0.3 is 6.09 Å². The summed E-state index contributed by atoms with van der Waals surface area (Å²) in [5.74, 6) is 0.815. The van der Waals surface area contributed by atoms with Crippen LogP contribution in [-0.2, 0) is 4.74 Å². The van der Waals surface area contributed by atoms with Gasteiger partial charge in [-0.25, -0.2) is 4.79 Å². The predicted molar refractivity (Wildman–Crippen MR) is 119 cm³/mol. The third-order valence-electron chi connectivity index (χ3n) is 5.62. The fourth-order valence-electron chi connectivity index (χ4n) is 3.90. The van der Waals surface area contributed by atoms with Crippen LogP contribution in [0.3, 0.4) is 0 Å². The number of amides is 2. The van der Waals surface area contributed by atoms with Crippen LogP contribution in [0.4, 0.5) is 10.5 Å². The van der Waals surface area contributed by atoms with Gasteiger partial charge in [0.15, 0.2) is 0 Å². The zero-order valence-electron chi connectivity index (χ0n) is 18.1. The summed E-state index contributed by atoms with van der Waals surface area (Å²) in [7, 11) is 0. The molecule has 2 aromatic rings. The van der Waals surface area contributed by atoms with Gasteiger partial charge in [0.05, 0.1) is 11.3 Å². The summed E-state index contributed by atoms with van der Waals surface area (Å²) in [6.07, 6.45) is 2.13. The molecule has 160 valence electrons. The molecule has 1 saturated heterocycles. The van der Waals surface area contributed by atoms with Crippen molar-refractivity contribution in [2.24, 2.45) is 5.92 Å². The zero-order chi connectivity index (χ0) is 21.3. The summed E-state index contributed by atoms with van der Waals surface area (Å²) in [5, 5.41) is 4.75. The first-order valence-electron chi connectivity index (χ1n) is 10.8. The summed E-state index contributed by atoms with van der Waals surface area (Å²) in [4.78, 5) is 30.1.